The third-order valence-corrected chi connectivity index (χ3v) is 16.0. The molecular weight excluding hydrogens is 665 g/mol. The quantitative estimate of drug-likeness (QED) is 0.267. The van der Waals surface area contributed by atoms with Crippen molar-refractivity contribution in [3.8, 4) is 11.5 Å². The number of hydrogen-bond acceptors (Lipinski definition) is 7. The fourth-order valence-corrected chi connectivity index (χ4v) is 13.0. The predicted molar refractivity (Wildman–Crippen MR) is 204 cm³/mol. The van der Waals surface area contributed by atoms with Crippen LogP contribution in [0.25, 0.3) is 17.5 Å². The SMILES string of the molecule is C=Cc1cccc(-c2nnc(C34CCC5(C)C(CCC6C7(C)CCC(OC(=O)CC(C)(C)C(=O)O)C(C)(C)C7CCC65C)C3=C(C(C)C)C(=O)C4)o2)c1. The van der Waals surface area contributed by atoms with E-state index in [9.17, 15) is 19.5 Å². The first-order valence-corrected chi connectivity index (χ1v) is 20.0. The molecule has 1 N–H and O–H groups in total. The molecule has 2 aromatic rings. The lowest BCUT2D eigenvalue weighted by atomic mass is 9.33. The van der Waals surface area contributed by atoms with Crippen LogP contribution in [0.15, 0.2) is 46.4 Å². The molecule has 8 unspecified atom stereocenters. The average molecular weight is 725 g/mol. The third kappa shape index (κ3) is 5.45. The normalized spacial score (nSPS) is 36.3. The highest BCUT2D eigenvalue weighted by Gasteiger charge is 2.71. The molecule has 0 radical (unpaired) electrons. The predicted octanol–water partition coefficient (Wildman–Crippen LogP) is 10.0. The number of esters is 1. The van der Waals surface area contributed by atoms with Crippen LogP contribution in [-0.2, 0) is 24.5 Å². The van der Waals surface area contributed by atoms with Crippen molar-refractivity contribution < 1.29 is 28.6 Å². The number of ketones is 1. The molecular formula is C45H60N2O6. The van der Waals surface area contributed by atoms with Gasteiger partial charge in [0.15, 0.2) is 5.78 Å². The van der Waals surface area contributed by atoms with E-state index in [0.717, 1.165) is 68.1 Å². The standard InChI is InChI=1S/C45H60N2O6/c1-11-27-13-12-14-28(23-27)37-46-47-38(53-37)45-22-21-43(9)29(36(45)35(26(2)3)30(48)24-45)15-16-32-42(8)19-18-33(52-34(49)25-40(4,5)39(50)51)41(6,7)31(42)17-20-44(32,43)10/h11-14,23,26,29,31-33H,1,15-22,24-25H2,2-10H3,(H,50,51). The van der Waals surface area contributed by atoms with Gasteiger partial charge in [0.25, 0.3) is 0 Å². The van der Waals surface area contributed by atoms with Crippen molar-refractivity contribution in [3.63, 3.8) is 0 Å². The molecule has 0 amide bonds. The fourth-order valence-electron chi connectivity index (χ4n) is 13.0. The Hall–Kier alpha value is -3.55. The fraction of sp³-hybridized carbons (Fsp3) is 0.667. The molecule has 286 valence electrons. The van der Waals surface area contributed by atoms with Crippen molar-refractivity contribution >= 4 is 23.8 Å². The van der Waals surface area contributed by atoms with E-state index >= 15 is 0 Å². The molecule has 4 saturated carbocycles. The number of carboxylic acids is 1. The minimum Gasteiger partial charge on any atom is -0.481 e. The maximum Gasteiger partial charge on any atom is 0.309 e. The summed E-state index contributed by atoms with van der Waals surface area (Å²) in [7, 11) is 0. The number of carbonyl (C=O) groups excluding carboxylic acids is 2. The molecule has 0 saturated heterocycles. The van der Waals surface area contributed by atoms with Crippen LogP contribution in [0.1, 0.15) is 138 Å². The molecule has 8 atom stereocenters. The van der Waals surface area contributed by atoms with Crippen molar-refractivity contribution in [2.45, 2.75) is 138 Å². The highest BCUT2D eigenvalue weighted by atomic mass is 16.5. The zero-order valence-corrected chi connectivity index (χ0v) is 33.4. The number of aromatic nitrogens is 2. The number of allylic oxidation sites excluding steroid dienone is 2. The Morgan fingerprint density at radius 2 is 1.74 bits per heavy atom. The lowest BCUT2D eigenvalue weighted by Gasteiger charge is -2.72. The maximum absolute atomic E-state index is 14.2. The Morgan fingerprint density at radius 1 is 1.00 bits per heavy atom. The highest BCUT2D eigenvalue weighted by Crippen LogP contribution is 2.76. The van der Waals surface area contributed by atoms with Gasteiger partial charge in [-0.1, -0.05) is 73.3 Å². The summed E-state index contributed by atoms with van der Waals surface area (Å²) in [4.78, 5) is 39.0. The molecule has 1 heterocycles. The molecule has 5 aliphatic rings. The Morgan fingerprint density at radius 3 is 2.42 bits per heavy atom. The molecule has 4 fully saturated rings. The highest BCUT2D eigenvalue weighted by molar-refractivity contribution is 6.01. The zero-order valence-electron chi connectivity index (χ0n) is 33.4. The first-order valence-electron chi connectivity index (χ1n) is 20.0. The third-order valence-electron chi connectivity index (χ3n) is 16.0. The Labute approximate surface area is 315 Å². The maximum atomic E-state index is 14.2. The molecule has 0 bridgehead atoms. The van der Waals surface area contributed by atoms with Crippen molar-refractivity contribution in [1.29, 1.82) is 0 Å². The number of fused-ring (bicyclic) bond motifs is 7. The van der Waals surface area contributed by atoms with E-state index in [1.54, 1.807) is 13.8 Å². The second-order valence-corrected chi connectivity index (χ2v) is 19.7. The van der Waals surface area contributed by atoms with E-state index in [-0.39, 0.29) is 51.8 Å². The van der Waals surface area contributed by atoms with Gasteiger partial charge in [0, 0.05) is 17.4 Å². The molecule has 0 spiro atoms. The van der Waals surface area contributed by atoms with Gasteiger partial charge in [-0.05, 0) is 134 Å². The van der Waals surface area contributed by atoms with Gasteiger partial charge in [0.1, 0.15) is 6.10 Å². The molecule has 1 aromatic heterocycles. The summed E-state index contributed by atoms with van der Waals surface area (Å²) in [5.41, 5.74) is 2.21. The number of hydrogen-bond donors (Lipinski definition) is 1. The second-order valence-electron chi connectivity index (χ2n) is 19.7. The zero-order chi connectivity index (χ0) is 38.5. The number of nitrogens with zero attached hydrogens (tertiary/aromatic N) is 2. The summed E-state index contributed by atoms with van der Waals surface area (Å²) in [6.45, 7) is 23.6. The van der Waals surface area contributed by atoms with Crippen molar-refractivity contribution in [3.05, 3.63) is 53.4 Å². The first kappa shape index (κ1) is 37.8. The monoisotopic (exact) mass is 724 g/mol. The van der Waals surface area contributed by atoms with E-state index in [1.807, 2.05) is 30.3 Å². The lowest BCUT2D eigenvalue weighted by molar-refractivity contribution is -0.232. The second kappa shape index (κ2) is 12.5. The summed E-state index contributed by atoms with van der Waals surface area (Å²) in [6.07, 6.45) is 9.61. The van der Waals surface area contributed by atoms with Gasteiger partial charge in [0.05, 0.1) is 17.3 Å². The molecule has 5 aliphatic carbocycles. The van der Waals surface area contributed by atoms with E-state index in [4.69, 9.17) is 14.3 Å². The minimum atomic E-state index is -1.17. The topological polar surface area (TPSA) is 120 Å². The van der Waals surface area contributed by atoms with Gasteiger partial charge in [-0.15, -0.1) is 10.2 Å². The molecule has 0 aliphatic heterocycles. The summed E-state index contributed by atoms with van der Waals surface area (Å²) >= 11 is 0. The Bertz CT molecular complexity index is 1890. The van der Waals surface area contributed by atoms with Gasteiger partial charge in [-0.25, -0.2) is 0 Å². The molecule has 8 nitrogen and oxygen atoms in total. The van der Waals surface area contributed by atoms with Crippen LogP contribution in [0.2, 0.25) is 0 Å². The molecule has 8 heteroatoms. The number of carboxylic acid groups (broad SMARTS) is 1. The average Bonchev–Trinajstić information content (AvgIpc) is 3.70. The summed E-state index contributed by atoms with van der Waals surface area (Å²) in [6, 6.07) is 7.96. The van der Waals surface area contributed by atoms with Crippen LogP contribution in [0.3, 0.4) is 0 Å². The van der Waals surface area contributed by atoms with Crippen molar-refractivity contribution in [2.75, 3.05) is 0 Å². The largest absolute Gasteiger partial charge is 0.481 e. The van der Waals surface area contributed by atoms with Crippen LogP contribution in [-0.4, -0.2) is 39.1 Å². The number of ether oxygens (including phenoxy) is 1. The minimum absolute atomic E-state index is 0.0233. The Balaban J connectivity index is 1.21. The number of aliphatic carboxylic acids is 1. The summed E-state index contributed by atoms with van der Waals surface area (Å²) in [5, 5.41) is 18.9. The van der Waals surface area contributed by atoms with Crippen LogP contribution in [0.4, 0.5) is 0 Å². The van der Waals surface area contributed by atoms with Crippen molar-refractivity contribution in [1.82, 2.24) is 10.2 Å². The van der Waals surface area contributed by atoms with Crippen LogP contribution in [0.5, 0.6) is 0 Å². The number of benzene rings is 1. The smallest absolute Gasteiger partial charge is 0.309 e. The Kier molecular flexibility index (Phi) is 8.90. The van der Waals surface area contributed by atoms with E-state index in [1.165, 1.54) is 5.57 Å². The molecule has 7 rings (SSSR count). The van der Waals surface area contributed by atoms with Crippen molar-refractivity contribution in [2.24, 2.45) is 50.7 Å². The number of carbonyl (C=O) groups is 3. The lowest BCUT2D eigenvalue weighted by Crippen LogP contribution is -2.66. The number of rotatable bonds is 8. The van der Waals surface area contributed by atoms with E-state index in [0.29, 0.717) is 30.0 Å². The van der Waals surface area contributed by atoms with E-state index in [2.05, 4.69) is 60.1 Å². The first-order chi connectivity index (χ1) is 24.7. The van der Waals surface area contributed by atoms with Gasteiger partial charge >= 0.3 is 11.9 Å². The van der Waals surface area contributed by atoms with Crippen LogP contribution < -0.4 is 0 Å². The van der Waals surface area contributed by atoms with Crippen LogP contribution in [0, 0.1) is 50.7 Å². The molecule has 53 heavy (non-hydrogen) atoms. The van der Waals surface area contributed by atoms with Crippen LogP contribution >= 0.6 is 0 Å². The van der Waals surface area contributed by atoms with Gasteiger partial charge in [-0.3, -0.25) is 14.4 Å². The molecule has 1 aromatic carbocycles. The van der Waals surface area contributed by atoms with Gasteiger partial charge in [-0.2, -0.15) is 0 Å². The van der Waals surface area contributed by atoms with E-state index < -0.39 is 22.8 Å². The van der Waals surface area contributed by atoms with Gasteiger partial charge in [0.2, 0.25) is 11.8 Å². The summed E-state index contributed by atoms with van der Waals surface area (Å²) < 4.78 is 12.8. The number of Topliss-reactive ketones (excluding diaryl/α,β-unsaturated/α-hetero) is 1. The van der Waals surface area contributed by atoms with Gasteiger partial charge < -0.3 is 14.3 Å². The summed E-state index contributed by atoms with van der Waals surface area (Å²) in [5.74, 6) is 1.08.